The van der Waals surface area contributed by atoms with Crippen LogP contribution < -0.4 is 5.32 Å². The maximum Gasteiger partial charge on any atom is 0.139 e. The van der Waals surface area contributed by atoms with Gasteiger partial charge < -0.3 is 5.32 Å². The molecule has 1 N–H and O–H groups in total. The van der Waals surface area contributed by atoms with Gasteiger partial charge in [0, 0.05) is 17.3 Å². The standard InChI is InChI=1S/C19H23N3/c1-13-10-11-22-16(12-13)20-17(18(22)21-19(3,4)5)15-9-7-6-8-14(15)2/h6-12,21H,1-5H3. The van der Waals surface area contributed by atoms with Crippen molar-refractivity contribution in [2.45, 2.75) is 40.2 Å². The van der Waals surface area contributed by atoms with Gasteiger partial charge in [-0.2, -0.15) is 0 Å². The van der Waals surface area contributed by atoms with E-state index in [4.69, 9.17) is 4.98 Å². The number of aromatic nitrogens is 2. The lowest BCUT2D eigenvalue weighted by Crippen LogP contribution is -2.27. The summed E-state index contributed by atoms with van der Waals surface area (Å²) in [6.07, 6.45) is 2.09. The van der Waals surface area contributed by atoms with Gasteiger partial charge in [0.05, 0.1) is 0 Å². The highest BCUT2D eigenvalue weighted by molar-refractivity contribution is 5.78. The molecule has 0 atom stereocenters. The van der Waals surface area contributed by atoms with E-state index in [0.717, 1.165) is 17.2 Å². The first-order valence-electron chi connectivity index (χ1n) is 7.68. The third-order valence-corrected chi connectivity index (χ3v) is 3.68. The number of benzene rings is 1. The second kappa shape index (κ2) is 5.16. The smallest absolute Gasteiger partial charge is 0.139 e. The van der Waals surface area contributed by atoms with Gasteiger partial charge in [-0.3, -0.25) is 4.40 Å². The predicted molar refractivity (Wildman–Crippen MR) is 93.5 cm³/mol. The van der Waals surface area contributed by atoms with E-state index in [1.165, 1.54) is 16.7 Å². The second-order valence-electron chi connectivity index (χ2n) is 6.93. The van der Waals surface area contributed by atoms with E-state index in [1.54, 1.807) is 0 Å². The molecule has 3 aromatic rings. The number of fused-ring (bicyclic) bond motifs is 1. The molecule has 114 valence electrons. The first-order chi connectivity index (χ1) is 10.3. The van der Waals surface area contributed by atoms with E-state index in [9.17, 15) is 0 Å². The van der Waals surface area contributed by atoms with Crippen molar-refractivity contribution in [3.63, 3.8) is 0 Å². The molecule has 0 aliphatic heterocycles. The lowest BCUT2D eigenvalue weighted by molar-refractivity contribution is 0.629. The lowest BCUT2D eigenvalue weighted by Gasteiger charge is -2.23. The number of rotatable bonds is 2. The van der Waals surface area contributed by atoms with E-state index < -0.39 is 0 Å². The molecule has 2 aromatic heterocycles. The molecule has 0 fully saturated rings. The molecule has 0 saturated carbocycles. The van der Waals surface area contributed by atoms with Crippen molar-refractivity contribution in [2.75, 3.05) is 5.32 Å². The van der Waals surface area contributed by atoms with Gasteiger partial charge in [0.25, 0.3) is 0 Å². The first kappa shape index (κ1) is 14.6. The van der Waals surface area contributed by atoms with Crippen LogP contribution in [0.15, 0.2) is 42.6 Å². The topological polar surface area (TPSA) is 29.3 Å². The Labute approximate surface area is 132 Å². The molecule has 3 nitrogen and oxygen atoms in total. The van der Waals surface area contributed by atoms with Crippen molar-refractivity contribution in [3.8, 4) is 11.3 Å². The van der Waals surface area contributed by atoms with Crippen LogP contribution in [0.4, 0.5) is 5.82 Å². The highest BCUT2D eigenvalue weighted by Crippen LogP contribution is 2.32. The maximum atomic E-state index is 4.89. The van der Waals surface area contributed by atoms with Gasteiger partial charge in [-0.25, -0.2) is 4.98 Å². The Morgan fingerprint density at radius 2 is 1.77 bits per heavy atom. The zero-order valence-corrected chi connectivity index (χ0v) is 13.9. The molecule has 1 aromatic carbocycles. The lowest BCUT2D eigenvalue weighted by atomic mass is 10.0. The van der Waals surface area contributed by atoms with E-state index in [0.29, 0.717) is 0 Å². The monoisotopic (exact) mass is 293 g/mol. The van der Waals surface area contributed by atoms with Crippen LogP contribution in [0.1, 0.15) is 31.9 Å². The fourth-order valence-electron chi connectivity index (χ4n) is 2.65. The van der Waals surface area contributed by atoms with Crippen LogP contribution in [0, 0.1) is 13.8 Å². The quantitative estimate of drug-likeness (QED) is 0.733. The van der Waals surface area contributed by atoms with E-state index in [-0.39, 0.29) is 5.54 Å². The molecule has 0 aliphatic rings. The van der Waals surface area contributed by atoms with E-state index in [2.05, 4.69) is 86.9 Å². The number of hydrogen-bond acceptors (Lipinski definition) is 2. The third kappa shape index (κ3) is 2.71. The van der Waals surface area contributed by atoms with Crippen LogP contribution in [0.2, 0.25) is 0 Å². The Hall–Kier alpha value is -2.29. The molecular formula is C19H23N3. The Morgan fingerprint density at radius 1 is 1.05 bits per heavy atom. The van der Waals surface area contributed by atoms with Crippen molar-refractivity contribution >= 4 is 11.5 Å². The van der Waals surface area contributed by atoms with Crippen molar-refractivity contribution < 1.29 is 0 Å². The highest BCUT2D eigenvalue weighted by atomic mass is 15.2. The molecular weight excluding hydrogens is 270 g/mol. The molecule has 0 bridgehead atoms. The van der Waals surface area contributed by atoms with Gasteiger partial charge in [-0.05, 0) is 57.9 Å². The molecule has 0 amide bonds. The van der Waals surface area contributed by atoms with Crippen LogP contribution in [0.5, 0.6) is 0 Å². The van der Waals surface area contributed by atoms with Gasteiger partial charge in [0.2, 0.25) is 0 Å². The van der Waals surface area contributed by atoms with E-state index in [1.807, 2.05) is 0 Å². The summed E-state index contributed by atoms with van der Waals surface area (Å²) >= 11 is 0. The van der Waals surface area contributed by atoms with Crippen LogP contribution in [-0.2, 0) is 0 Å². The summed E-state index contributed by atoms with van der Waals surface area (Å²) < 4.78 is 2.14. The number of pyridine rings is 1. The van der Waals surface area contributed by atoms with E-state index >= 15 is 0 Å². The molecule has 0 spiro atoms. The molecule has 2 heterocycles. The number of imidazole rings is 1. The molecule has 22 heavy (non-hydrogen) atoms. The molecule has 0 radical (unpaired) electrons. The fourth-order valence-corrected chi connectivity index (χ4v) is 2.65. The summed E-state index contributed by atoms with van der Waals surface area (Å²) in [6, 6.07) is 12.6. The summed E-state index contributed by atoms with van der Waals surface area (Å²) in [4.78, 5) is 4.89. The minimum Gasteiger partial charge on any atom is -0.365 e. The fraction of sp³-hybridized carbons (Fsp3) is 0.316. The Bertz CT molecular complexity index is 822. The van der Waals surface area contributed by atoms with Gasteiger partial charge >= 0.3 is 0 Å². The second-order valence-corrected chi connectivity index (χ2v) is 6.93. The summed E-state index contributed by atoms with van der Waals surface area (Å²) in [5, 5.41) is 3.62. The van der Waals surface area contributed by atoms with Gasteiger partial charge in [0.1, 0.15) is 17.2 Å². The minimum absolute atomic E-state index is 0.0295. The molecule has 3 rings (SSSR count). The average molecular weight is 293 g/mol. The van der Waals surface area contributed by atoms with Crippen LogP contribution in [0.3, 0.4) is 0 Å². The molecule has 0 unspecified atom stereocenters. The summed E-state index contributed by atoms with van der Waals surface area (Å²) in [7, 11) is 0. The average Bonchev–Trinajstić information content (AvgIpc) is 2.75. The van der Waals surface area contributed by atoms with Crippen LogP contribution in [0.25, 0.3) is 16.9 Å². The van der Waals surface area contributed by atoms with Crippen molar-refractivity contribution in [3.05, 3.63) is 53.7 Å². The third-order valence-electron chi connectivity index (χ3n) is 3.68. The first-order valence-corrected chi connectivity index (χ1v) is 7.68. The largest absolute Gasteiger partial charge is 0.365 e. The molecule has 0 saturated heterocycles. The van der Waals surface area contributed by atoms with Crippen molar-refractivity contribution in [1.82, 2.24) is 9.38 Å². The highest BCUT2D eigenvalue weighted by Gasteiger charge is 2.19. The molecule has 3 heteroatoms. The number of hydrogen-bond donors (Lipinski definition) is 1. The summed E-state index contributed by atoms with van der Waals surface area (Å²) in [5.74, 6) is 1.05. The van der Waals surface area contributed by atoms with Gasteiger partial charge in [-0.15, -0.1) is 0 Å². The van der Waals surface area contributed by atoms with Crippen LogP contribution >= 0.6 is 0 Å². The number of aryl methyl sites for hydroxylation is 2. The summed E-state index contributed by atoms with van der Waals surface area (Å²) in [6.45, 7) is 10.7. The summed E-state index contributed by atoms with van der Waals surface area (Å²) in [5.41, 5.74) is 5.59. The Morgan fingerprint density at radius 3 is 2.45 bits per heavy atom. The maximum absolute atomic E-state index is 4.89. The van der Waals surface area contributed by atoms with Gasteiger partial charge in [0.15, 0.2) is 0 Å². The number of nitrogens with one attached hydrogen (secondary N) is 1. The van der Waals surface area contributed by atoms with Crippen molar-refractivity contribution in [1.29, 1.82) is 0 Å². The zero-order chi connectivity index (χ0) is 15.9. The Balaban J connectivity index is 2.28. The minimum atomic E-state index is -0.0295. The number of nitrogens with zero attached hydrogens (tertiary/aromatic N) is 2. The normalized spacial score (nSPS) is 11.9. The molecule has 0 aliphatic carbocycles. The van der Waals surface area contributed by atoms with Gasteiger partial charge in [-0.1, -0.05) is 24.3 Å². The Kier molecular flexibility index (Phi) is 3.44. The van der Waals surface area contributed by atoms with Crippen LogP contribution in [-0.4, -0.2) is 14.9 Å². The zero-order valence-electron chi connectivity index (χ0n) is 13.9. The SMILES string of the molecule is Cc1ccn2c(NC(C)(C)C)c(-c3ccccc3C)nc2c1. The number of anilines is 1. The van der Waals surface area contributed by atoms with Crippen molar-refractivity contribution in [2.24, 2.45) is 0 Å². The predicted octanol–water partition coefficient (Wildman–Crippen LogP) is 4.83.